The molecule has 0 spiro atoms. The Morgan fingerprint density at radius 3 is 2.48 bits per heavy atom. The molecule has 3 rings (SSSR count). The molecule has 0 saturated carbocycles. The van der Waals surface area contributed by atoms with Gasteiger partial charge in [-0.25, -0.2) is 18.5 Å². The van der Waals surface area contributed by atoms with Gasteiger partial charge in [0.25, 0.3) is 0 Å². The average Bonchev–Trinajstić information content (AvgIpc) is 3.00. The molecule has 0 aliphatic carbocycles. The highest BCUT2D eigenvalue weighted by Crippen LogP contribution is 2.39. The molecule has 0 amide bonds. The van der Waals surface area contributed by atoms with Crippen LogP contribution >= 0.6 is 0 Å². The van der Waals surface area contributed by atoms with Crippen molar-refractivity contribution in [2.24, 2.45) is 10.6 Å². The van der Waals surface area contributed by atoms with Crippen LogP contribution < -0.4 is 10.0 Å². The molecule has 0 bridgehead atoms. The number of primary sulfonamides is 1. The third kappa shape index (κ3) is 4.20. The van der Waals surface area contributed by atoms with Crippen LogP contribution in [0, 0.1) is 16.7 Å². The standard InChI is InChI=1S/C17H19F3N6O2S/c1-16(2)6-3-7-25(10-16)15-12(8-21)14(17(18,19)20)24-26(15)13-5-4-11(9-23-13)29(22,27)28/h4-5,9H,3,6-7,10H2,1-2H3,(H2,22,27,28). The van der Waals surface area contributed by atoms with Crippen molar-refractivity contribution >= 4 is 15.8 Å². The first-order chi connectivity index (χ1) is 13.3. The quantitative estimate of drug-likeness (QED) is 0.802. The van der Waals surface area contributed by atoms with Crippen molar-refractivity contribution in [1.29, 1.82) is 5.26 Å². The summed E-state index contributed by atoms with van der Waals surface area (Å²) in [5, 5.41) is 18.1. The van der Waals surface area contributed by atoms with E-state index in [1.54, 1.807) is 11.0 Å². The lowest BCUT2D eigenvalue weighted by molar-refractivity contribution is -0.141. The van der Waals surface area contributed by atoms with E-state index in [0.717, 1.165) is 29.8 Å². The normalized spacial score (nSPS) is 17.2. The largest absolute Gasteiger partial charge is 0.436 e. The van der Waals surface area contributed by atoms with Gasteiger partial charge in [0.15, 0.2) is 17.3 Å². The summed E-state index contributed by atoms with van der Waals surface area (Å²) < 4.78 is 64.3. The SMILES string of the molecule is CC1(C)CCCN(c2c(C#N)c(C(F)(F)F)nn2-c2ccc(S(N)(=O)=O)cn2)C1. The summed E-state index contributed by atoms with van der Waals surface area (Å²) in [6.07, 6.45) is -2.26. The number of alkyl halides is 3. The number of nitrogens with zero attached hydrogens (tertiary/aromatic N) is 5. The van der Waals surface area contributed by atoms with Crippen LogP contribution in [0.2, 0.25) is 0 Å². The summed E-state index contributed by atoms with van der Waals surface area (Å²) in [4.78, 5) is 5.32. The first kappa shape index (κ1) is 21.1. The summed E-state index contributed by atoms with van der Waals surface area (Å²) in [7, 11) is -4.01. The highest BCUT2D eigenvalue weighted by molar-refractivity contribution is 7.89. The molecule has 0 unspecified atom stereocenters. The van der Waals surface area contributed by atoms with Gasteiger partial charge >= 0.3 is 6.18 Å². The van der Waals surface area contributed by atoms with Gasteiger partial charge in [-0.1, -0.05) is 13.8 Å². The third-order valence-electron chi connectivity index (χ3n) is 4.71. The number of halogens is 3. The lowest BCUT2D eigenvalue weighted by Gasteiger charge is -2.39. The smallest absolute Gasteiger partial charge is 0.355 e. The minimum atomic E-state index is -4.84. The summed E-state index contributed by atoms with van der Waals surface area (Å²) in [5.41, 5.74) is -2.06. The van der Waals surface area contributed by atoms with Crippen molar-refractivity contribution in [2.75, 3.05) is 18.0 Å². The summed E-state index contributed by atoms with van der Waals surface area (Å²) in [6, 6.07) is 3.96. The fourth-order valence-corrected chi connectivity index (χ4v) is 3.89. The Morgan fingerprint density at radius 1 is 1.31 bits per heavy atom. The Morgan fingerprint density at radius 2 is 2.00 bits per heavy atom. The summed E-state index contributed by atoms with van der Waals surface area (Å²) >= 11 is 0. The molecular formula is C17H19F3N6O2S. The molecule has 1 aliphatic rings. The molecule has 29 heavy (non-hydrogen) atoms. The van der Waals surface area contributed by atoms with Gasteiger partial charge in [0.05, 0.1) is 0 Å². The summed E-state index contributed by atoms with van der Waals surface area (Å²) in [6.45, 7) is 4.88. The Labute approximate surface area is 165 Å². The van der Waals surface area contributed by atoms with Gasteiger partial charge in [-0.3, -0.25) is 0 Å². The van der Waals surface area contributed by atoms with Crippen LogP contribution in [0.4, 0.5) is 19.0 Å². The zero-order valence-electron chi connectivity index (χ0n) is 15.7. The molecule has 0 atom stereocenters. The second-order valence-electron chi connectivity index (χ2n) is 7.66. The Balaban J connectivity index is 2.21. The van der Waals surface area contributed by atoms with Crippen molar-refractivity contribution < 1.29 is 21.6 Å². The summed E-state index contributed by atoms with van der Waals surface area (Å²) in [5.74, 6) is -0.0637. The van der Waals surface area contributed by atoms with E-state index in [4.69, 9.17) is 5.14 Å². The fourth-order valence-electron chi connectivity index (χ4n) is 3.43. The number of anilines is 1. The number of pyridine rings is 1. The van der Waals surface area contributed by atoms with Crippen molar-refractivity contribution in [3.05, 3.63) is 29.6 Å². The van der Waals surface area contributed by atoms with Crippen molar-refractivity contribution in [3.8, 4) is 11.9 Å². The minimum Gasteiger partial charge on any atom is -0.355 e. The van der Waals surface area contributed by atoms with Crippen molar-refractivity contribution in [1.82, 2.24) is 14.8 Å². The van der Waals surface area contributed by atoms with Crippen LogP contribution in [-0.2, 0) is 16.2 Å². The molecule has 8 nitrogen and oxygen atoms in total. The van der Waals surface area contributed by atoms with E-state index >= 15 is 0 Å². The lowest BCUT2D eigenvalue weighted by atomic mass is 9.84. The van der Waals surface area contributed by atoms with Gasteiger partial charge in [-0.2, -0.15) is 28.2 Å². The molecule has 2 aromatic heterocycles. The maximum atomic E-state index is 13.5. The number of nitriles is 1. The van der Waals surface area contributed by atoms with Crippen LogP contribution in [-0.4, -0.2) is 36.3 Å². The van der Waals surface area contributed by atoms with E-state index in [1.807, 2.05) is 13.8 Å². The predicted octanol–water partition coefficient (Wildman–Crippen LogP) is 2.43. The van der Waals surface area contributed by atoms with Crippen molar-refractivity contribution in [3.63, 3.8) is 0 Å². The van der Waals surface area contributed by atoms with Crippen molar-refractivity contribution in [2.45, 2.75) is 37.8 Å². The van der Waals surface area contributed by atoms with Gasteiger partial charge in [0, 0.05) is 19.3 Å². The van der Waals surface area contributed by atoms with Gasteiger partial charge in [0.1, 0.15) is 16.5 Å². The molecule has 1 saturated heterocycles. The maximum Gasteiger partial charge on any atom is 0.436 e. The van der Waals surface area contributed by atoms with E-state index in [-0.39, 0.29) is 21.9 Å². The van der Waals surface area contributed by atoms with Gasteiger partial charge in [0.2, 0.25) is 10.0 Å². The fraction of sp³-hybridized carbons (Fsp3) is 0.471. The Hall–Kier alpha value is -2.65. The van der Waals surface area contributed by atoms with E-state index in [0.29, 0.717) is 13.1 Å². The van der Waals surface area contributed by atoms with Crippen LogP contribution in [0.3, 0.4) is 0 Å². The van der Waals surface area contributed by atoms with Gasteiger partial charge in [-0.05, 0) is 30.4 Å². The second kappa shape index (κ2) is 7.00. The zero-order chi connectivity index (χ0) is 21.6. The van der Waals surface area contributed by atoms with Gasteiger partial charge < -0.3 is 4.90 Å². The highest BCUT2D eigenvalue weighted by atomic mass is 32.2. The van der Waals surface area contributed by atoms with E-state index in [2.05, 4.69) is 10.1 Å². The molecule has 2 N–H and O–H groups in total. The molecule has 0 aromatic carbocycles. The van der Waals surface area contributed by atoms with Crippen LogP contribution in [0.1, 0.15) is 37.9 Å². The third-order valence-corrected chi connectivity index (χ3v) is 5.61. The number of piperidine rings is 1. The number of hydrogen-bond donors (Lipinski definition) is 1. The lowest BCUT2D eigenvalue weighted by Crippen LogP contribution is -2.41. The molecule has 1 aliphatic heterocycles. The Kier molecular flexibility index (Phi) is 5.08. The number of sulfonamides is 1. The molecular weight excluding hydrogens is 409 g/mol. The molecule has 12 heteroatoms. The number of aromatic nitrogens is 3. The minimum absolute atomic E-state index is 0.0107. The van der Waals surface area contributed by atoms with E-state index in [1.165, 1.54) is 6.07 Å². The molecule has 156 valence electrons. The number of hydrogen-bond acceptors (Lipinski definition) is 6. The topological polar surface area (TPSA) is 118 Å². The monoisotopic (exact) mass is 428 g/mol. The van der Waals surface area contributed by atoms with E-state index < -0.39 is 27.5 Å². The zero-order valence-corrected chi connectivity index (χ0v) is 16.5. The molecule has 3 heterocycles. The average molecular weight is 428 g/mol. The molecule has 0 radical (unpaired) electrons. The van der Waals surface area contributed by atoms with Gasteiger partial charge in [-0.15, -0.1) is 0 Å². The highest BCUT2D eigenvalue weighted by Gasteiger charge is 2.42. The van der Waals surface area contributed by atoms with Crippen LogP contribution in [0.5, 0.6) is 0 Å². The Bertz CT molecular complexity index is 1070. The molecule has 1 fully saturated rings. The van der Waals surface area contributed by atoms with Crippen LogP contribution in [0.25, 0.3) is 5.82 Å². The predicted molar refractivity (Wildman–Crippen MR) is 97.7 cm³/mol. The first-order valence-electron chi connectivity index (χ1n) is 8.68. The first-order valence-corrected chi connectivity index (χ1v) is 10.2. The number of rotatable bonds is 3. The number of nitrogens with two attached hydrogens (primary N) is 1. The van der Waals surface area contributed by atoms with Crippen LogP contribution in [0.15, 0.2) is 23.2 Å². The van der Waals surface area contributed by atoms with E-state index in [9.17, 15) is 26.9 Å². The second-order valence-corrected chi connectivity index (χ2v) is 9.22. The molecule has 2 aromatic rings. The maximum absolute atomic E-state index is 13.5.